The van der Waals surface area contributed by atoms with Crippen LogP contribution in [0.4, 0.5) is 11.5 Å². The molecule has 3 aromatic heterocycles. The minimum atomic E-state index is -0.282. The van der Waals surface area contributed by atoms with E-state index in [0.717, 1.165) is 35.4 Å². The van der Waals surface area contributed by atoms with Crippen molar-refractivity contribution in [3.05, 3.63) is 31.0 Å². The van der Waals surface area contributed by atoms with Crippen LogP contribution in [0.15, 0.2) is 31.0 Å². The first-order valence-corrected chi connectivity index (χ1v) is 9.08. The van der Waals surface area contributed by atoms with Crippen molar-refractivity contribution in [3.8, 4) is 0 Å². The highest BCUT2D eigenvalue weighted by Gasteiger charge is 2.27. The van der Waals surface area contributed by atoms with E-state index >= 15 is 0 Å². The van der Waals surface area contributed by atoms with Gasteiger partial charge >= 0.3 is 0 Å². The Balaban J connectivity index is 1.56. The Labute approximate surface area is 151 Å². The molecule has 0 aromatic carbocycles. The number of primary amides is 1. The van der Waals surface area contributed by atoms with Gasteiger partial charge in [0.25, 0.3) is 0 Å². The van der Waals surface area contributed by atoms with Crippen LogP contribution in [0.5, 0.6) is 0 Å². The van der Waals surface area contributed by atoms with E-state index in [2.05, 4.69) is 25.4 Å². The lowest BCUT2D eigenvalue weighted by Gasteiger charge is -2.29. The number of carbonyl (C=O) groups is 1. The van der Waals surface area contributed by atoms with E-state index in [0.29, 0.717) is 12.3 Å². The molecule has 1 amide bonds. The zero-order chi connectivity index (χ0) is 17.9. The normalized spacial score (nSPS) is 16.6. The summed E-state index contributed by atoms with van der Waals surface area (Å²) in [7, 11) is 0. The minimum Gasteiger partial charge on any atom is -0.370 e. The highest BCUT2D eigenvalue weighted by Crippen LogP contribution is 2.35. The van der Waals surface area contributed by atoms with Crippen molar-refractivity contribution in [1.29, 1.82) is 0 Å². The van der Waals surface area contributed by atoms with Crippen molar-refractivity contribution in [2.75, 3.05) is 5.32 Å². The largest absolute Gasteiger partial charge is 0.370 e. The highest BCUT2D eigenvalue weighted by molar-refractivity contribution is 5.88. The maximum Gasteiger partial charge on any atom is 0.219 e. The first-order valence-electron chi connectivity index (χ1n) is 9.08. The second-order valence-corrected chi connectivity index (χ2v) is 6.93. The van der Waals surface area contributed by atoms with Gasteiger partial charge < -0.3 is 16.0 Å². The molecule has 136 valence electrons. The molecule has 1 saturated carbocycles. The van der Waals surface area contributed by atoms with Crippen molar-refractivity contribution in [2.45, 2.75) is 44.6 Å². The summed E-state index contributed by atoms with van der Waals surface area (Å²) in [6, 6.07) is 1.95. The zero-order valence-electron chi connectivity index (χ0n) is 14.6. The lowest BCUT2D eigenvalue weighted by molar-refractivity contribution is -0.119. The summed E-state index contributed by atoms with van der Waals surface area (Å²) >= 11 is 0. The van der Waals surface area contributed by atoms with Gasteiger partial charge in [0, 0.05) is 18.8 Å². The summed E-state index contributed by atoms with van der Waals surface area (Å²) in [5.74, 6) is 0.884. The van der Waals surface area contributed by atoms with Crippen LogP contribution in [0.25, 0.3) is 11.0 Å². The number of amides is 1. The number of nitrogens with zero attached hydrogens (tertiary/aromatic N) is 4. The van der Waals surface area contributed by atoms with Crippen LogP contribution in [-0.4, -0.2) is 30.6 Å². The van der Waals surface area contributed by atoms with Gasteiger partial charge in [-0.3, -0.25) is 9.48 Å². The number of hydrogen-bond donors (Lipinski definition) is 3. The monoisotopic (exact) mass is 353 g/mol. The average Bonchev–Trinajstić information content (AvgIpc) is 3.30. The molecular weight excluding hydrogens is 330 g/mol. The van der Waals surface area contributed by atoms with E-state index in [1.54, 1.807) is 6.20 Å². The number of anilines is 2. The summed E-state index contributed by atoms with van der Waals surface area (Å²) in [6.07, 6.45) is 13.3. The first kappa shape index (κ1) is 16.6. The zero-order valence-corrected chi connectivity index (χ0v) is 14.6. The number of hydrogen-bond acceptors (Lipinski definition) is 5. The Hall–Kier alpha value is -2.90. The molecule has 26 heavy (non-hydrogen) atoms. The number of rotatable bonds is 6. The van der Waals surface area contributed by atoms with E-state index in [9.17, 15) is 4.79 Å². The summed E-state index contributed by atoms with van der Waals surface area (Å²) in [5, 5.41) is 8.72. The first-order chi connectivity index (χ1) is 12.7. The Morgan fingerprint density at radius 3 is 3.00 bits per heavy atom. The van der Waals surface area contributed by atoms with Crippen LogP contribution in [-0.2, 0) is 4.79 Å². The molecular formula is C18H23N7O. The Morgan fingerprint density at radius 2 is 2.19 bits per heavy atom. The summed E-state index contributed by atoms with van der Waals surface area (Å²) in [5.41, 5.74) is 7.11. The molecule has 0 aliphatic heterocycles. The maximum atomic E-state index is 11.6. The second-order valence-electron chi connectivity index (χ2n) is 6.93. The third kappa shape index (κ3) is 3.40. The molecule has 1 fully saturated rings. The van der Waals surface area contributed by atoms with Crippen LogP contribution in [0, 0.1) is 5.92 Å². The fourth-order valence-electron chi connectivity index (χ4n) is 3.89. The topological polar surface area (TPSA) is 115 Å². The third-order valence-electron chi connectivity index (χ3n) is 5.16. The van der Waals surface area contributed by atoms with Crippen LogP contribution in [0.2, 0.25) is 0 Å². The van der Waals surface area contributed by atoms with Crippen molar-refractivity contribution in [3.63, 3.8) is 0 Å². The number of nitrogens with one attached hydrogen (secondary N) is 2. The number of aromatic amines is 1. The maximum absolute atomic E-state index is 11.6. The van der Waals surface area contributed by atoms with E-state index in [4.69, 9.17) is 5.73 Å². The lowest BCUT2D eigenvalue weighted by Crippen LogP contribution is -2.27. The van der Waals surface area contributed by atoms with Gasteiger partial charge in [-0.1, -0.05) is 19.3 Å². The molecule has 8 heteroatoms. The Bertz CT molecular complexity index is 894. The van der Waals surface area contributed by atoms with E-state index in [1.807, 2.05) is 23.1 Å². The Morgan fingerprint density at radius 1 is 1.35 bits per heavy atom. The van der Waals surface area contributed by atoms with Gasteiger partial charge in [-0.2, -0.15) is 5.10 Å². The third-order valence-corrected chi connectivity index (χ3v) is 5.16. The van der Waals surface area contributed by atoms with Crippen LogP contribution >= 0.6 is 0 Å². The molecule has 3 aromatic rings. The van der Waals surface area contributed by atoms with Crippen molar-refractivity contribution in [2.24, 2.45) is 11.7 Å². The molecule has 0 saturated heterocycles. The van der Waals surface area contributed by atoms with Crippen LogP contribution in [0.3, 0.4) is 0 Å². The average molecular weight is 353 g/mol. The smallest absolute Gasteiger partial charge is 0.219 e. The molecule has 1 unspecified atom stereocenters. The van der Waals surface area contributed by atoms with Gasteiger partial charge in [-0.25, -0.2) is 9.97 Å². The lowest BCUT2D eigenvalue weighted by atomic mass is 9.82. The molecule has 1 atom stereocenters. The molecule has 4 N–H and O–H groups in total. The van der Waals surface area contributed by atoms with Gasteiger partial charge in [0.05, 0.1) is 23.3 Å². The molecule has 8 nitrogen and oxygen atoms in total. The van der Waals surface area contributed by atoms with Gasteiger partial charge in [0.2, 0.25) is 5.91 Å². The van der Waals surface area contributed by atoms with Crippen LogP contribution < -0.4 is 11.1 Å². The number of fused-ring (bicyclic) bond motifs is 1. The Kier molecular flexibility index (Phi) is 4.55. The second kappa shape index (κ2) is 7.15. The van der Waals surface area contributed by atoms with Crippen LogP contribution in [0.1, 0.15) is 44.6 Å². The molecule has 0 bridgehead atoms. The SMILES string of the molecule is NC(=O)CC(C1CCCCC1)n1cc(Nc2ncnc3[nH]ccc23)cn1. The molecule has 0 spiro atoms. The van der Waals surface area contributed by atoms with Crippen molar-refractivity contribution in [1.82, 2.24) is 24.7 Å². The molecule has 1 aliphatic carbocycles. The van der Waals surface area contributed by atoms with Gasteiger partial charge in [0.1, 0.15) is 17.8 Å². The molecule has 0 radical (unpaired) electrons. The molecule has 1 aliphatic rings. The van der Waals surface area contributed by atoms with Gasteiger partial charge in [-0.15, -0.1) is 0 Å². The summed E-state index contributed by atoms with van der Waals surface area (Å²) in [4.78, 5) is 23.2. The summed E-state index contributed by atoms with van der Waals surface area (Å²) < 4.78 is 1.89. The van der Waals surface area contributed by atoms with E-state index < -0.39 is 0 Å². The minimum absolute atomic E-state index is 0.0148. The van der Waals surface area contributed by atoms with Gasteiger partial charge in [-0.05, 0) is 24.8 Å². The number of carbonyl (C=O) groups excluding carboxylic acids is 1. The standard InChI is InChI=1S/C18H23N7O/c19-16(26)8-15(12-4-2-1-3-5-12)25-10-13(9-23-25)24-18-14-6-7-20-17(14)21-11-22-18/h6-7,9-12,15H,1-5,8H2,(H2,19,26)(H2,20,21,22,24). The summed E-state index contributed by atoms with van der Waals surface area (Å²) in [6.45, 7) is 0. The highest BCUT2D eigenvalue weighted by atomic mass is 16.1. The fraction of sp³-hybridized carbons (Fsp3) is 0.444. The number of nitrogens with two attached hydrogens (primary N) is 1. The molecule has 3 heterocycles. The predicted molar refractivity (Wildman–Crippen MR) is 98.8 cm³/mol. The van der Waals surface area contributed by atoms with E-state index in [-0.39, 0.29) is 11.9 Å². The van der Waals surface area contributed by atoms with Gasteiger partial charge in [0.15, 0.2) is 0 Å². The fourth-order valence-corrected chi connectivity index (χ4v) is 3.89. The van der Waals surface area contributed by atoms with Crippen molar-refractivity contribution >= 4 is 28.4 Å². The number of aromatic nitrogens is 5. The number of H-pyrrole nitrogens is 1. The van der Waals surface area contributed by atoms with E-state index in [1.165, 1.54) is 25.6 Å². The van der Waals surface area contributed by atoms with Crippen molar-refractivity contribution < 1.29 is 4.79 Å². The predicted octanol–water partition coefficient (Wildman–Crippen LogP) is 2.89. The molecule has 4 rings (SSSR count). The quantitative estimate of drug-likeness (QED) is 0.630.